The first-order chi connectivity index (χ1) is 9.13. The quantitative estimate of drug-likeness (QED) is 0.841. The van der Waals surface area contributed by atoms with Crippen LogP contribution in [-0.2, 0) is 6.42 Å². The molecule has 1 N–H and O–H groups in total. The molecular formula is C18H27N. The van der Waals surface area contributed by atoms with Gasteiger partial charge in [0.1, 0.15) is 0 Å². The summed E-state index contributed by atoms with van der Waals surface area (Å²) < 4.78 is 0. The lowest BCUT2D eigenvalue weighted by atomic mass is 9.98. The molecular weight excluding hydrogens is 230 g/mol. The zero-order chi connectivity index (χ0) is 13.7. The minimum atomic E-state index is 0.555. The van der Waals surface area contributed by atoms with Crippen LogP contribution in [0.4, 0.5) is 0 Å². The maximum absolute atomic E-state index is 3.64. The van der Waals surface area contributed by atoms with Crippen LogP contribution in [0.25, 0.3) is 6.08 Å². The molecule has 0 aliphatic carbocycles. The van der Waals surface area contributed by atoms with E-state index in [1.54, 1.807) is 0 Å². The van der Waals surface area contributed by atoms with Gasteiger partial charge >= 0.3 is 0 Å². The summed E-state index contributed by atoms with van der Waals surface area (Å²) in [5.41, 5.74) is 2.75. The Morgan fingerprint density at radius 1 is 1.21 bits per heavy atom. The van der Waals surface area contributed by atoms with Gasteiger partial charge in [0.05, 0.1) is 0 Å². The van der Waals surface area contributed by atoms with Crippen molar-refractivity contribution in [3.05, 3.63) is 41.5 Å². The Labute approximate surface area is 118 Å². The van der Waals surface area contributed by atoms with Gasteiger partial charge < -0.3 is 5.32 Å². The summed E-state index contributed by atoms with van der Waals surface area (Å²) in [4.78, 5) is 0. The number of hydrogen-bond donors (Lipinski definition) is 1. The first-order valence-corrected chi connectivity index (χ1v) is 7.66. The lowest BCUT2D eigenvalue weighted by Crippen LogP contribution is -2.39. The Kier molecular flexibility index (Phi) is 5.21. The van der Waals surface area contributed by atoms with Gasteiger partial charge in [-0.3, -0.25) is 0 Å². The number of piperidine rings is 1. The Balaban J connectivity index is 1.91. The smallest absolute Gasteiger partial charge is 0.0255 e. The summed E-state index contributed by atoms with van der Waals surface area (Å²) in [5, 5.41) is 3.64. The van der Waals surface area contributed by atoms with Gasteiger partial charge in [-0.15, -0.1) is 0 Å². The molecule has 1 aliphatic rings. The van der Waals surface area contributed by atoms with Crippen molar-refractivity contribution in [1.29, 1.82) is 0 Å². The third-order valence-electron chi connectivity index (χ3n) is 3.80. The van der Waals surface area contributed by atoms with E-state index in [9.17, 15) is 0 Å². The summed E-state index contributed by atoms with van der Waals surface area (Å²) in [6.45, 7) is 6.81. The van der Waals surface area contributed by atoms with Crippen molar-refractivity contribution >= 4 is 6.08 Å². The molecule has 0 amide bonds. The van der Waals surface area contributed by atoms with Gasteiger partial charge in [-0.25, -0.2) is 0 Å². The fourth-order valence-electron chi connectivity index (χ4n) is 2.79. The number of rotatable bonds is 4. The topological polar surface area (TPSA) is 12.0 Å². The molecule has 19 heavy (non-hydrogen) atoms. The highest BCUT2D eigenvalue weighted by atomic mass is 14.9. The fraction of sp³-hybridized carbons (Fsp3) is 0.556. The average Bonchev–Trinajstić information content (AvgIpc) is 2.37. The van der Waals surface area contributed by atoms with Gasteiger partial charge in [-0.1, -0.05) is 56.7 Å². The van der Waals surface area contributed by atoms with Crippen molar-refractivity contribution < 1.29 is 0 Å². The molecule has 2 unspecified atom stereocenters. The van der Waals surface area contributed by atoms with Crippen LogP contribution in [0.1, 0.15) is 51.2 Å². The highest BCUT2D eigenvalue weighted by molar-refractivity contribution is 5.50. The zero-order valence-electron chi connectivity index (χ0n) is 12.5. The van der Waals surface area contributed by atoms with Crippen LogP contribution in [0.15, 0.2) is 30.3 Å². The molecule has 1 heteroatoms. The Hall–Kier alpha value is -1.08. The van der Waals surface area contributed by atoms with Gasteiger partial charge in [-0.2, -0.15) is 0 Å². The molecule has 0 radical (unpaired) electrons. The fourth-order valence-corrected chi connectivity index (χ4v) is 2.79. The van der Waals surface area contributed by atoms with Crippen molar-refractivity contribution in [2.45, 2.75) is 58.5 Å². The van der Waals surface area contributed by atoms with Crippen molar-refractivity contribution in [2.75, 3.05) is 0 Å². The summed E-state index contributed by atoms with van der Waals surface area (Å²) in [6, 6.07) is 10.2. The third kappa shape index (κ3) is 4.83. The van der Waals surface area contributed by atoms with E-state index in [-0.39, 0.29) is 0 Å². The molecule has 2 atom stereocenters. The molecule has 1 heterocycles. The van der Waals surface area contributed by atoms with Crippen molar-refractivity contribution in [3.8, 4) is 0 Å². The summed E-state index contributed by atoms with van der Waals surface area (Å²) in [7, 11) is 0. The van der Waals surface area contributed by atoms with Crippen LogP contribution < -0.4 is 5.32 Å². The molecule has 1 nitrogen and oxygen atoms in total. The second-order valence-corrected chi connectivity index (χ2v) is 6.30. The molecule has 0 bridgehead atoms. The van der Waals surface area contributed by atoms with Crippen LogP contribution in [0, 0.1) is 5.92 Å². The molecule has 1 aromatic carbocycles. The molecule has 104 valence electrons. The minimum Gasteiger partial charge on any atom is -0.308 e. The predicted octanol–water partition coefficient (Wildman–Crippen LogP) is 4.43. The van der Waals surface area contributed by atoms with Crippen LogP contribution in [0.5, 0.6) is 0 Å². The maximum Gasteiger partial charge on any atom is 0.0255 e. The van der Waals surface area contributed by atoms with E-state index in [0.29, 0.717) is 12.1 Å². The highest BCUT2D eigenvalue weighted by Crippen LogP contribution is 2.15. The molecule has 1 saturated heterocycles. The van der Waals surface area contributed by atoms with Crippen LogP contribution in [0.3, 0.4) is 0 Å². The number of hydrogen-bond acceptors (Lipinski definition) is 1. The van der Waals surface area contributed by atoms with Crippen LogP contribution in [-0.4, -0.2) is 12.1 Å². The maximum atomic E-state index is 3.64. The predicted molar refractivity (Wildman–Crippen MR) is 84.3 cm³/mol. The molecule has 0 saturated carbocycles. The van der Waals surface area contributed by atoms with E-state index >= 15 is 0 Å². The molecule has 0 spiro atoms. The zero-order valence-corrected chi connectivity index (χ0v) is 12.5. The lowest BCUT2D eigenvalue weighted by molar-refractivity contribution is 0.375. The Morgan fingerprint density at radius 2 is 1.95 bits per heavy atom. The second-order valence-electron chi connectivity index (χ2n) is 6.30. The van der Waals surface area contributed by atoms with Crippen molar-refractivity contribution in [2.24, 2.45) is 5.92 Å². The number of nitrogens with one attached hydrogen (secondary N) is 1. The van der Waals surface area contributed by atoms with E-state index in [2.05, 4.69) is 62.5 Å². The van der Waals surface area contributed by atoms with E-state index in [0.717, 1.165) is 5.92 Å². The summed E-state index contributed by atoms with van der Waals surface area (Å²) in [6.07, 6.45) is 9.69. The van der Waals surface area contributed by atoms with Crippen LogP contribution >= 0.6 is 0 Å². The van der Waals surface area contributed by atoms with E-state index in [1.165, 1.54) is 36.8 Å². The molecule has 2 rings (SSSR count). The largest absolute Gasteiger partial charge is 0.308 e. The molecule has 1 fully saturated rings. The second kappa shape index (κ2) is 6.91. The highest BCUT2D eigenvalue weighted by Gasteiger charge is 2.14. The Bertz CT molecular complexity index is 402. The SMILES string of the molecule is CC(C)Cc1ccc(/C=C/C2CCCC(C)N2)cc1. The van der Waals surface area contributed by atoms with Gasteiger partial charge in [0.25, 0.3) is 0 Å². The van der Waals surface area contributed by atoms with E-state index < -0.39 is 0 Å². The Morgan fingerprint density at radius 3 is 2.58 bits per heavy atom. The third-order valence-corrected chi connectivity index (χ3v) is 3.80. The molecule has 0 aromatic heterocycles. The number of benzene rings is 1. The summed E-state index contributed by atoms with van der Waals surface area (Å²) >= 11 is 0. The minimum absolute atomic E-state index is 0.555. The van der Waals surface area contributed by atoms with Gasteiger partial charge in [0.2, 0.25) is 0 Å². The first kappa shape index (κ1) is 14.3. The lowest BCUT2D eigenvalue weighted by Gasteiger charge is -2.26. The van der Waals surface area contributed by atoms with Crippen molar-refractivity contribution in [1.82, 2.24) is 5.32 Å². The standard InChI is InChI=1S/C18H27N/c1-14(2)13-17-9-7-16(8-10-17)11-12-18-6-4-5-15(3)19-18/h7-12,14-15,18-19H,4-6,13H2,1-3H3/b12-11+. The molecule has 1 aliphatic heterocycles. The van der Waals surface area contributed by atoms with E-state index in [4.69, 9.17) is 0 Å². The van der Waals surface area contributed by atoms with Crippen molar-refractivity contribution in [3.63, 3.8) is 0 Å². The van der Waals surface area contributed by atoms with Crippen LogP contribution in [0.2, 0.25) is 0 Å². The van der Waals surface area contributed by atoms with Gasteiger partial charge in [0.15, 0.2) is 0 Å². The average molecular weight is 257 g/mol. The van der Waals surface area contributed by atoms with Gasteiger partial charge in [-0.05, 0) is 43.2 Å². The first-order valence-electron chi connectivity index (χ1n) is 7.66. The van der Waals surface area contributed by atoms with Gasteiger partial charge in [0, 0.05) is 12.1 Å². The summed E-state index contributed by atoms with van der Waals surface area (Å²) in [5.74, 6) is 0.731. The molecule has 1 aromatic rings. The normalized spacial score (nSPS) is 24.2. The monoisotopic (exact) mass is 257 g/mol. The van der Waals surface area contributed by atoms with E-state index in [1.807, 2.05) is 0 Å².